The average molecular weight is 278 g/mol. The number of rotatable bonds is 3. The minimum Gasteiger partial charge on any atom is -0.361 e. The molecule has 0 aliphatic heterocycles. The van der Waals surface area contributed by atoms with E-state index in [4.69, 9.17) is 0 Å². The first kappa shape index (κ1) is 14.0. The highest BCUT2D eigenvalue weighted by Crippen LogP contribution is 2.07. The molecule has 108 valence electrons. The van der Waals surface area contributed by atoms with E-state index in [1.165, 1.54) is 4.40 Å². The van der Waals surface area contributed by atoms with Gasteiger partial charge >= 0.3 is 5.69 Å². The summed E-state index contributed by atoms with van der Waals surface area (Å²) in [5.74, 6) is 0.870. The van der Waals surface area contributed by atoms with Crippen LogP contribution in [0.1, 0.15) is 26.6 Å². The molecule has 0 aromatic carbocycles. The lowest BCUT2D eigenvalue weighted by Gasteiger charge is -2.20. The SMILES string of the molecule is Cc1nc(NCC(=O)NC(C)(C)C)cc2n[nH]c(=O)n12. The molecule has 0 bridgehead atoms. The van der Waals surface area contributed by atoms with Crippen LogP contribution in [-0.4, -0.2) is 37.6 Å². The largest absolute Gasteiger partial charge is 0.361 e. The van der Waals surface area contributed by atoms with Crippen LogP contribution < -0.4 is 16.3 Å². The number of amides is 1. The fraction of sp³-hybridized carbons (Fsp3) is 0.500. The molecule has 0 saturated heterocycles. The third-order valence-electron chi connectivity index (χ3n) is 2.51. The molecule has 1 amide bonds. The van der Waals surface area contributed by atoms with Gasteiger partial charge in [-0.1, -0.05) is 0 Å². The van der Waals surface area contributed by atoms with Crippen molar-refractivity contribution in [3.63, 3.8) is 0 Å². The summed E-state index contributed by atoms with van der Waals surface area (Å²) in [6.07, 6.45) is 0. The number of H-pyrrole nitrogens is 1. The molecule has 0 radical (unpaired) electrons. The lowest BCUT2D eigenvalue weighted by atomic mass is 10.1. The molecule has 0 aliphatic carbocycles. The first-order chi connectivity index (χ1) is 9.26. The minimum atomic E-state index is -0.331. The Morgan fingerprint density at radius 3 is 2.80 bits per heavy atom. The molecule has 0 spiro atoms. The van der Waals surface area contributed by atoms with Crippen LogP contribution in [0, 0.1) is 6.92 Å². The van der Waals surface area contributed by atoms with E-state index in [0.29, 0.717) is 17.3 Å². The Balaban J connectivity index is 2.11. The Morgan fingerprint density at radius 2 is 2.15 bits per heavy atom. The standard InChI is InChI=1S/C12H18N6O2/c1-7-14-8(5-9-16-17-11(20)18(7)9)13-6-10(19)15-12(2,3)4/h5,13H,6H2,1-4H3,(H,15,19)(H,17,20). The smallest absolute Gasteiger partial charge is 0.349 e. The van der Waals surface area contributed by atoms with Gasteiger partial charge in [0, 0.05) is 11.6 Å². The third-order valence-corrected chi connectivity index (χ3v) is 2.51. The van der Waals surface area contributed by atoms with Gasteiger partial charge in [0.05, 0.1) is 6.54 Å². The van der Waals surface area contributed by atoms with Crippen molar-refractivity contribution in [3.05, 3.63) is 22.4 Å². The Morgan fingerprint density at radius 1 is 1.45 bits per heavy atom. The fourth-order valence-electron chi connectivity index (χ4n) is 1.82. The van der Waals surface area contributed by atoms with E-state index in [2.05, 4.69) is 25.8 Å². The van der Waals surface area contributed by atoms with E-state index in [1.54, 1.807) is 13.0 Å². The number of hydrogen-bond donors (Lipinski definition) is 3. The molecule has 2 aromatic rings. The maximum absolute atomic E-state index is 11.7. The van der Waals surface area contributed by atoms with Crippen molar-refractivity contribution in [2.24, 2.45) is 0 Å². The van der Waals surface area contributed by atoms with Crippen LogP contribution in [0.2, 0.25) is 0 Å². The van der Waals surface area contributed by atoms with E-state index < -0.39 is 0 Å². The monoisotopic (exact) mass is 278 g/mol. The van der Waals surface area contributed by atoms with Crippen LogP contribution in [0.4, 0.5) is 5.82 Å². The molecule has 8 heteroatoms. The highest BCUT2D eigenvalue weighted by Gasteiger charge is 2.14. The second kappa shape index (κ2) is 4.95. The van der Waals surface area contributed by atoms with Crippen LogP contribution in [0.15, 0.2) is 10.9 Å². The predicted octanol–water partition coefficient (Wildman–Crippen LogP) is 0.0526. The van der Waals surface area contributed by atoms with E-state index in [-0.39, 0.29) is 23.7 Å². The van der Waals surface area contributed by atoms with Gasteiger partial charge in [-0.05, 0) is 27.7 Å². The van der Waals surface area contributed by atoms with E-state index in [9.17, 15) is 9.59 Å². The summed E-state index contributed by atoms with van der Waals surface area (Å²) in [5.41, 5.74) is -0.148. The molecule has 0 fully saturated rings. The van der Waals surface area contributed by atoms with Crippen LogP contribution in [0.25, 0.3) is 5.65 Å². The van der Waals surface area contributed by atoms with Crippen LogP contribution >= 0.6 is 0 Å². The van der Waals surface area contributed by atoms with Crippen molar-refractivity contribution in [2.75, 3.05) is 11.9 Å². The number of nitrogens with zero attached hydrogens (tertiary/aromatic N) is 3. The Labute approximate surface area is 115 Å². The molecule has 2 rings (SSSR count). The molecule has 2 aromatic heterocycles. The molecular weight excluding hydrogens is 260 g/mol. The van der Waals surface area contributed by atoms with Gasteiger partial charge in [0.15, 0.2) is 5.65 Å². The molecule has 20 heavy (non-hydrogen) atoms. The Bertz CT molecular complexity index is 694. The molecule has 8 nitrogen and oxygen atoms in total. The number of fused-ring (bicyclic) bond motifs is 1. The first-order valence-corrected chi connectivity index (χ1v) is 6.26. The molecule has 3 N–H and O–H groups in total. The van der Waals surface area contributed by atoms with Crippen LogP contribution in [-0.2, 0) is 4.79 Å². The van der Waals surface area contributed by atoms with Gasteiger partial charge in [0.1, 0.15) is 11.6 Å². The summed E-state index contributed by atoms with van der Waals surface area (Å²) in [7, 11) is 0. The summed E-state index contributed by atoms with van der Waals surface area (Å²) >= 11 is 0. The number of aromatic amines is 1. The zero-order valence-corrected chi connectivity index (χ0v) is 11.9. The average Bonchev–Trinajstić information content (AvgIpc) is 2.66. The van der Waals surface area contributed by atoms with Crippen molar-refractivity contribution in [1.29, 1.82) is 0 Å². The zero-order chi connectivity index (χ0) is 14.9. The van der Waals surface area contributed by atoms with Crippen molar-refractivity contribution in [2.45, 2.75) is 33.2 Å². The van der Waals surface area contributed by atoms with E-state index in [0.717, 1.165) is 0 Å². The van der Waals surface area contributed by atoms with Gasteiger partial charge in [-0.2, -0.15) is 5.10 Å². The molecule has 0 saturated carbocycles. The number of aromatic nitrogens is 4. The second-order valence-corrected chi connectivity index (χ2v) is 5.56. The number of anilines is 1. The topological polar surface area (TPSA) is 104 Å². The minimum absolute atomic E-state index is 0.106. The van der Waals surface area contributed by atoms with E-state index >= 15 is 0 Å². The highest BCUT2D eigenvalue weighted by molar-refractivity contribution is 5.81. The summed E-state index contributed by atoms with van der Waals surface area (Å²) in [6, 6.07) is 1.61. The summed E-state index contributed by atoms with van der Waals surface area (Å²) in [5, 5.41) is 12.0. The normalized spacial score (nSPS) is 11.6. The van der Waals surface area contributed by atoms with Crippen molar-refractivity contribution >= 4 is 17.4 Å². The number of aryl methyl sites for hydroxylation is 1. The van der Waals surface area contributed by atoms with Gasteiger partial charge in [0.2, 0.25) is 5.91 Å². The molecule has 0 unspecified atom stereocenters. The number of carbonyl (C=O) groups excluding carboxylic acids is 1. The Hall–Kier alpha value is -2.38. The Kier molecular flexibility index (Phi) is 3.47. The molecule has 2 heterocycles. The predicted molar refractivity (Wildman–Crippen MR) is 74.7 cm³/mol. The maximum atomic E-state index is 11.7. The third kappa shape index (κ3) is 3.14. The van der Waals surface area contributed by atoms with Crippen LogP contribution in [0.5, 0.6) is 0 Å². The fourth-order valence-corrected chi connectivity index (χ4v) is 1.82. The van der Waals surface area contributed by atoms with Gasteiger partial charge in [0.25, 0.3) is 0 Å². The van der Waals surface area contributed by atoms with E-state index in [1.807, 2.05) is 20.8 Å². The van der Waals surface area contributed by atoms with Crippen molar-refractivity contribution in [1.82, 2.24) is 24.9 Å². The van der Waals surface area contributed by atoms with Gasteiger partial charge in [-0.3, -0.25) is 4.79 Å². The first-order valence-electron chi connectivity index (χ1n) is 6.26. The van der Waals surface area contributed by atoms with Crippen molar-refractivity contribution < 1.29 is 4.79 Å². The quantitative estimate of drug-likeness (QED) is 0.736. The highest BCUT2D eigenvalue weighted by atomic mass is 16.2. The number of carbonyl (C=O) groups is 1. The lowest BCUT2D eigenvalue weighted by molar-refractivity contribution is -0.120. The zero-order valence-electron chi connectivity index (χ0n) is 11.9. The molecule has 0 atom stereocenters. The van der Waals surface area contributed by atoms with Gasteiger partial charge in [-0.15, -0.1) is 0 Å². The lowest BCUT2D eigenvalue weighted by Crippen LogP contribution is -2.43. The summed E-state index contributed by atoms with van der Waals surface area (Å²) < 4.78 is 1.36. The second-order valence-electron chi connectivity index (χ2n) is 5.56. The number of nitrogens with one attached hydrogen (secondary N) is 3. The van der Waals surface area contributed by atoms with Gasteiger partial charge in [-0.25, -0.2) is 19.3 Å². The van der Waals surface area contributed by atoms with Crippen molar-refractivity contribution in [3.8, 4) is 0 Å². The molecule has 0 aliphatic rings. The maximum Gasteiger partial charge on any atom is 0.349 e. The summed E-state index contributed by atoms with van der Waals surface area (Å²) in [6.45, 7) is 7.54. The number of hydrogen-bond acceptors (Lipinski definition) is 5. The van der Waals surface area contributed by atoms with Crippen LogP contribution in [0.3, 0.4) is 0 Å². The summed E-state index contributed by atoms with van der Waals surface area (Å²) in [4.78, 5) is 27.4. The van der Waals surface area contributed by atoms with Gasteiger partial charge < -0.3 is 10.6 Å². The molecular formula is C12H18N6O2.